The van der Waals surface area contributed by atoms with Gasteiger partial charge in [-0.2, -0.15) is 0 Å². The predicted octanol–water partition coefficient (Wildman–Crippen LogP) is 4.04. The molecule has 0 radical (unpaired) electrons. The summed E-state index contributed by atoms with van der Waals surface area (Å²) in [5.74, 6) is 0.334. The van der Waals surface area contributed by atoms with Gasteiger partial charge in [-0.1, -0.05) is 32.8 Å². The number of aromatic hydroxyl groups is 1. The van der Waals surface area contributed by atoms with Crippen LogP contribution in [0.5, 0.6) is 5.75 Å². The fourth-order valence-electron chi connectivity index (χ4n) is 5.02. The Morgan fingerprint density at radius 2 is 1.79 bits per heavy atom. The summed E-state index contributed by atoms with van der Waals surface area (Å²) in [6.07, 6.45) is 7.03. The molecule has 2 atom stereocenters. The van der Waals surface area contributed by atoms with E-state index in [4.69, 9.17) is 0 Å². The Balaban J connectivity index is 0.00000208. The quantitative estimate of drug-likeness (QED) is 0.839. The molecule has 136 valence electrons. The molecule has 1 fully saturated rings. The summed E-state index contributed by atoms with van der Waals surface area (Å²) < 4.78 is 0. The number of aliphatic hydroxyl groups is 1. The van der Waals surface area contributed by atoms with Gasteiger partial charge in [0.1, 0.15) is 5.75 Å². The third-order valence-corrected chi connectivity index (χ3v) is 6.50. The molecule has 2 N–H and O–H groups in total. The van der Waals surface area contributed by atoms with E-state index in [1.807, 2.05) is 6.07 Å². The normalized spacial score (nSPS) is 28.8. The van der Waals surface area contributed by atoms with Crippen molar-refractivity contribution in [3.8, 4) is 5.75 Å². The van der Waals surface area contributed by atoms with Crippen LogP contribution in [-0.2, 0) is 11.8 Å². The van der Waals surface area contributed by atoms with Crippen LogP contribution in [0, 0.1) is 0 Å². The number of nitrogens with zero attached hydrogens (tertiary/aromatic N) is 1. The minimum absolute atomic E-state index is 0. The third-order valence-electron chi connectivity index (χ3n) is 6.50. The molecule has 0 amide bonds. The molecular formula is C20H32ClNO2. The number of phenols is 1. The van der Waals surface area contributed by atoms with Crippen molar-refractivity contribution in [2.45, 2.75) is 69.8 Å². The second-order valence-electron chi connectivity index (χ2n) is 7.44. The first-order valence-electron chi connectivity index (χ1n) is 9.32. The summed E-state index contributed by atoms with van der Waals surface area (Å²) in [4.78, 5) is 2.45. The Kier molecular flexibility index (Phi) is 6.22. The maximum Gasteiger partial charge on any atom is 0.115 e. The molecule has 1 aromatic carbocycles. The van der Waals surface area contributed by atoms with Crippen molar-refractivity contribution >= 4 is 12.4 Å². The van der Waals surface area contributed by atoms with E-state index in [-0.39, 0.29) is 17.8 Å². The van der Waals surface area contributed by atoms with Crippen LogP contribution in [0.4, 0.5) is 0 Å². The van der Waals surface area contributed by atoms with E-state index in [0.29, 0.717) is 5.75 Å². The van der Waals surface area contributed by atoms with Gasteiger partial charge in [0.15, 0.2) is 0 Å². The maximum atomic E-state index is 11.5. The lowest BCUT2D eigenvalue weighted by Gasteiger charge is -2.55. The molecule has 0 heterocycles. The van der Waals surface area contributed by atoms with Crippen molar-refractivity contribution in [1.29, 1.82) is 0 Å². The molecule has 2 unspecified atom stereocenters. The third kappa shape index (κ3) is 3.18. The Morgan fingerprint density at radius 3 is 2.50 bits per heavy atom. The molecule has 1 aromatic rings. The van der Waals surface area contributed by atoms with Crippen LogP contribution < -0.4 is 0 Å². The Bertz CT molecular complexity index is 561. The lowest BCUT2D eigenvalue weighted by molar-refractivity contribution is -0.0894. The molecule has 2 aliphatic rings. The van der Waals surface area contributed by atoms with Gasteiger partial charge in [-0.25, -0.2) is 0 Å². The summed E-state index contributed by atoms with van der Waals surface area (Å²) in [6, 6.07) is 5.80. The minimum atomic E-state index is -0.598. The molecule has 0 saturated heterocycles. The molecule has 4 heteroatoms. The first kappa shape index (κ1) is 19.6. The van der Waals surface area contributed by atoms with E-state index in [2.05, 4.69) is 24.8 Å². The van der Waals surface area contributed by atoms with E-state index >= 15 is 0 Å². The first-order chi connectivity index (χ1) is 11.0. The second-order valence-corrected chi connectivity index (χ2v) is 7.44. The zero-order valence-electron chi connectivity index (χ0n) is 15.1. The Labute approximate surface area is 152 Å². The van der Waals surface area contributed by atoms with Crippen molar-refractivity contribution < 1.29 is 10.2 Å². The number of halogens is 1. The van der Waals surface area contributed by atoms with E-state index in [1.54, 1.807) is 6.07 Å². The van der Waals surface area contributed by atoms with E-state index in [9.17, 15) is 10.2 Å². The highest BCUT2D eigenvalue weighted by Gasteiger charge is 2.54. The van der Waals surface area contributed by atoms with Crippen molar-refractivity contribution in [1.82, 2.24) is 4.90 Å². The standard InChI is InChI=1S/C20H31NO2.ClH/c1-3-21(4-2)14-13-19-10-5-6-11-20(19,23)12-9-16-7-8-17(22)15-18(16)19;/h7-8,15,22-23H,3-6,9-14H2,1-2H3;1H. The van der Waals surface area contributed by atoms with Gasteiger partial charge in [0.2, 0.25) is 0 Å². The average Bonchev–Trinajstić information content (AvgIpc) is 2.56. The number of hydrogen-bond acceptors (Lipinski definition) is 3. The smallest absolute Gasteiger partial charge is 0.115 e. The second kappa shape index (κ2) is 7.63. The highest BCUT2D eigenvalue weighted by atomic mass is 35.5. The molecule has 0 bridgehead atoms. The van der Waals surface area contributed by atoms with Crippen molar-refractivity contribution in [2.24, 2.45) is 0 Å². The average molecular weight is 354 g/mol. The first-order valence-corrected chi connectivity index (χ1v) is 9.32. The summed E-state index contributed by atoms with van der Waals surface area (Å²) in [5.41, 5.74) is 1.77. The monoisotopic (exact) mass is 353 g/mol. The fraction of sp³-hybridized carbons (Fsp3) is 0.700. The number of fused-ring (bicyclic) bond motifs is 3. The van der Waals surface area contributed by atoms with Crippen LogP contribution in [0.3, 0.4) is 0 Å². The predicted molar refractivity (Wildman–Crippen MR) is 101 cm³/mol. The van der Waals surface area contributed by atoms with Gasteiger partial charge in [-0.05, 0) is 75.0 Å². The van der Waals surface area contributed by atoms with Crippen LogP contribution >= 0.6 is 12.4 Å². The van der Waals surface area contributed by atoms with Crippen LogP contribution in [0.25, 0.3) is 0 Å². The highest BCUT2D eigenvalue weighted by Crippen LogP contribution is 2.55. The summed E-state index contributed by atoms with van der Waals surface area (Å²) in [7, 11) is 0. The lowest BCUT2D eigenvalue weighted by atomic mass is 9.53. The molecule has 1 saturated carbocycles. The zero-order chi connectivity index (χ0) is 16.5. The van der Waals surface area contributed by atoms with Gasteiger partial charge in [0.25, 0.3) is 0 Å². The fourth-order valence-corrected chi connectivity index (χ4v) is 5.02. The van der Waals surface area contributed by atoms with Crippen LogP contribution in [-0.4, -0.2) is 40.3 Å². The minimum Gasteiger partial charge on any atom is -0.508 e. The molecule has 2 aliphatic carbocycles. The number of aryl methyl sites for hydroxylation is 1. The van der Waals surface area contributed by atoms with Gasteiger partial charge in [-0.15, -0.1) is 12.4 Å². The topological polar surface area (TPSA) is 43.7 Å². The number of hydrogen-bond donors (Lipinski definition) is 2. The largest absolute Gasteiger partial charge is 0.508 e. The van der Waals surface area contributed by atoms with Gasteiger partial charge in [0.05, 0.1) is 5.60 Å². The van der Waals surface area contributed by atoms with Gasteiger partial charge in [0, 0.05) is 5.41 Å². The summed E-state index contributed by atoms with van der Waals surface area (Å²) >= 11 is 0. The molecule has 24 heavy (non-hydrogen) atoms. The summed E-state index contributed by atoms with van der Waals surface area (Å²) in [6.45, 7) is 7.53. The molecular weight excluding hydrogens is 322 g/mol. The molecule has 3 rings (SSSR count). The van der Waals surface area contributed by atoms with Crippen LogP contribution in [0.15, 0.2) is 18.2 Å². The van der Waals surface area contributed by atoms with Gasteiger partial charge < -0.3 is 15.1 Å². The van der Waals surface area contributed by atoms with Gasteiger partial charge >= 0.3 is 0 Å². The zero-order valence-corrected chi connectivity index (χ0v) is 15.9. The molecule has 0 spiro atoms. The highest BCUT2D eigenvalue weighted by molar-refractivity contribution is 5.85. The van der Waals surface area contributed by atoms with Crippen LogP contribution in [0.2, 0.25) is 0 Å². The number of benzene rings is 1. The number of phenolic OH excluding ortho intramolecular Hbond substituents is 1. The summed E-state index contributed by atoms with van der Waals surface area (Å²) in [5, 5.41) is 21.6. The van der Waals surface area contributed by atoms with E-state index in [0.717, 1.165) is 58.2 Å². The van der Waals surface area contributed by atoms with Crippen molar-refractivity contribution in [3.05, 3.63) is 29.3 Å². The Hall–Kier alpha value is -0.770. The molecule has 3 nitrogen and oxygen atoms in total. The van der Waals surface area contributed by atoms with Gasteiger partial charge in [-0.3, -0.25) is 0 Å². The molecule has 0 aromatic heterocycles. The maximum absolute atomic E-state index is 11.5. The van der Waals surface area contributed by atoms with Crippen molar-refractivity contribution in [3.63, 3.8) is 0 Å². The van der Waals surface area contributed by atoms with E-state index in [1.165, 1.54) is 17.5 Å². The lowest BCUT2D eigenvalue weighted by Crippen LogP contribution is -2.57. The Morgan fingerprint density at radius 1 is 1.08 bits per heavy atom. The molecule has 0 aliphatic heterocycles. The van der Waals surface area contributed by atoms with E-state index < -0.39 is 5.60 Å². The van der Waals surface area contributed by atoms with Crippen molar-refractivity contribution in [2.75, 3.05) is 19.6 Å². The number of rotatable bonds is 5. The van der Waals surface area contributed by atoms with Crippen LogP contribution in [0.1, 0.15) is 63.5 Å². The SMILES string of the molecule is CCN(CC)CCC12CCCCC1(O)CCc1ccc(O)cc12.Cl.